The van der Waals surface area contributed by atoms with Gasteiger partial charge in [0.2, 0.25) is 0 Å². The maximum atomic E-state index is 12.3. The smallest absolute Gasteiger partial charge is 0.176 e. The average molecular weight is 687 g/mol. The molecule has 11 nitrogen and oxygen atoms in total. The molecule has 278 valence electrons. The molecule has 0 unspecified atom stereocenters. The Kier molecular flexibility index (Phi) is 33.1. The van der Waals surface area contributed by atoms with Gasteiger partial charge in [-0.25, -0.2) is 0 Å². The summed E-state index contributed by atoms with van der Waals surface area (Å²) in [7, 11) is -1.88. The third kappa shape index (κ3) is 35.1. The van der Waals surface area contributed by atoms with Gasteiger partial charge in [-0.1, -0.05) is 90.9 Å². The van der Waals surface area contributed by atoms with Crippen LogP contribution in [-0.4, -0.2) is 127 Å². The van der Waals surface area contributed by atoms with Crippen LogP contribution in [-0.2, 0) is 39.2 Å². The number of ether oxygens (including phenoxy) is 6. The van der Waals surface area contributed by atoms with Crippen molar-refractivity contribution in [2.24, 2.45) is 0 Å². The van der Waals surface area contributed by atoms with Gasteiger partial charge in [-0.05, 0) is 12.8 Å². The zero-order valence-electron chi connectivity index (χ0n) is 29.3. The molecule has 0 rings (SSSR count). The van der Waals surface area contributed by atoms with Crippen molar-refractivity contribution in [3.8, 4) is 0 Å². The van der Waals surface area contributed by atoms with Crippen molar-refractivity contribution in [2.45, 2.75) is 128 Å². The van der Waals surface area contributed by atoms with E-state index in [0.717, 1.165) is 26.1 Å². The fourth-order valence-electron chi connectivity index (χ4n) is 4.59. The van der Waals surface area contributed by atoms with Crippen molar-refractivity contribution >= 4 is 10.8 Å². The normalized spacial score (nSPS) is 12.5. The molecule has 0 saturated carbocycles. The van der Waals surface area contributed by atoms with Gasteiger partial charge >= 0.3 is 0 Å². The van der Waals surface area contributed by atoms with Gasteiger partial charge in [-0.3, -0.25) is 4.21 Å². The van der Waals surface area contributed by atoms with Gasteiger partial charge in [-0.15, -0.1) is 0 Å². The van der Waals surface area contributed by atoms with Crippen LogP contribution < -0.4 is 0 Å². The Morgan fingerprint density at radius 3 is 0.978 bits per heavy atom. The summed E-state index contributed by atoms with van der Waals surface area (Å²) in [6.45, 7) is 9.30. The predicted octanol–water partition coefficient (Wildman–Crippen LogP) is 4.48. The lowest BCUT2D eigenvalue weighted by Gasteiger charge is -2.25. The molecule has 0 amide bonds. The average Bonchev–Trinajstić information content (AvgIpc) is 3.00. The summed E-state index contributed by atoms with van der Waals surface area (Å²) >= 11 is 0. The van der Waals surface area contributed by atoms with E-state index in [1.54, 1.807) is 0 Å². The molecular weight excluding hydrogens is 616 g/mol. The van der Waals surface area contributed by atoms with Gasteiger partial charge in [0.25, 0.3) is 0 Å². The fraction of sp³-hybridized carbons (Fsp3) is 1.00. The van der Waals surface area contributed by atoms with Gasteiger partial charge in [0.15, 0.2) is 11.6 Å². The Morgan fingerprint density at radius 1 is 0.391 bits per heavy atom. The third-order valence-corrected chi connectivity index (χ3v) is 8.92. The van der Waals surface area contributed by atoms with Crippen molar-refractivity contribution in [3.63, 3.8) is 0 Å². The summed E-state index contributed by atoms with van der Waals surface area (Å²) in [5.74, 6) is -5.56. The standard InChI is InChI=1S/C34H70O11S/c1-3-5-7-9-11-13-15-19-40-23-27-44-29-25-42-21-17-33(35,36)31-46(39)32-34(37,38)18-22-43-26-30-45-28-24-41-20-16-14-12-10-8-6-4-2/h35-38H,3-32H2,1-2H3. The predicted molar refractivity (Wildman–Crippen MR) is 182 cm³/mol. The molecule has 0 radical (unpaired) electrons. The molecule has 0 aliphatic heterocycles. The van der Waals surface area contributed by atoms with E-state index >= 15 is 0 Å². The lowest BCUT2D eigenvalue weighted by Crippen LogP contribution is -2.42. The van der Waals surface area contributed by atoms with E-state index in [-0.39, 0.29) is 39.3 Å². The summed E-state index contributed by atoms with van der Waals surface area (Å²) in [5.41, 5.74) is 0. The zero-order chi connectivity index (χ0) is 34.0. The monoisotopic (exact) mass is 686 g/mol. The molecule has 0 spiro atoms. The number of hydrogen-bond acceptors (Lipinski definition) is 11. The molecule has 0 bridgehead atoms. The van der Waals surface area contributed by atoms with Gasteiger partial charge in [0, 0.05) is 36.9 Å². The van der Waals surface area contributed by atoms with Crippen LogP contribution in [0.4, 0.5) is 0 Å². The summed E-state index contributed by atoms with van der Waals surface area (Å²) in [4.78, 5) is 0. The fourth-order valence-corrected chi connectivity index (χ4v) is 6.01. The Hall–Kier alpha value is -0.250. The van der Waals surface area contributed by atoms with Crippen LogP contribution in [0.5, 0.6) is 0 Å². The summed E-state index contributed by atoms with van der Waals surface area (Å²) in [6.07, 6.45) is 17.2. The first-order valence-electron chi connectivity index (χ1n) is 17.9. The molecule has 4 N–H and O–H groups in total. The van der Waals surface area contributed by atoms with Crippen LogP contribution in [0.1, 0.15) is 117 Å². The Labute approximate surface area is 282 Å². The Bertz CT molecular complexity index is 601. The number of rotatable bonds is 38. The van der Waals surface area contributed by atoms with Crippen molar-refractivity contribution < 1.29 is 53.1 Å². The minimum atomic E-state index is -2.25. The van der Waals surface area contributed by atoms with E-state index in [1.807, 2.05) is 0 Å². The van der Waals surface area contributed by atoms with Crippen LogP contribution in [0.3, 0.4) is 0 Å². The second-order valence-corrected chi connectivity index (χ2v) is 13.6. The SMILES string of the molecule is CCCCCCCCCOCCOCCOCCC(O)(O)CS(=O)CC(O)(O)CCOCCOCCOCCCCCCCCC. The van der Waals surface area contributed by atoms with Crippen LogP contribution in [0.15, 0.2) is 0 Å². The van der Waals surface area contributed by atoms with Crippen LogP contribution in [0, 0.1) is 0 Å². The number of aliphatic hydroxyl groups is 4. The lowest BCUT2D eigenvalue weighted by atomic mass is 10.1. The Balaban J connectivity index is 3.62. The highest BCUT2D eigenvalue weighted by Gasteiger charge is 2.31. The van der Waals surface area contributed by atoms with E-state index in [9.17, 15) is 24.6 Å². The van der Waals surface area contributed by atoms with Crippen molar-refractivity contribution in [1.29, 1.82) is 0 Å². The molecule has 0 aliphatic carbocycles. The van der Waals surface area contributed by atoms with Gasteiger partial charge in [-0.2, -0.15) is 0 Å². The maximum Gasteiger partial charge on any atom is 0.176 e. The number of hydrogen-bond donors (Lipinski definition) is 4. The third-order valence-electron chi connectivity index (χ3n) is 7.35. The van der Waals surface area contributed by atoms with E-state index in [1.165, 1.54) is 77.0 Å². The molecule has 0 aliphatic rings. The molecule has 0 aromatic carbocycles. The minimum absolute atomic E-state index is 0.0347. The molecule has 0 saturated heterocycles. The highest BCUT2D eigenvalue weighted by atomic mass is 32.2. The van der Waals surface area contributed by atoms with Crippen LogP contribution >= 0.6 is 0 Å². The largest absolute Gasteiger partial charge is 0.379 e. The first-order chi connectivity index (χ1) is 22.2. The van der Waals surface area contributed by atoms with Crippen molar-refractivity contribution in [3.05, 3.63) is 0 Å². The minimum Gasteiger partial charge on any atom is -0.379 e. The molecule has 12 heteroatoms. The molecule has 0 heterocycles. The maximum absolute atomic E-state index is 12.3. The van der Waals surface area contributed by atoms with Crippen LogP contribution in [0.25, 0.3) is 0 Å². The molecular formula is C34H70O11S. The van der Waals surface area contributed by atoms with Gasteiger partial charge in [0.1, 0.15) is 0 Å². The van der Waals surface area contributed by atoms with E-state index in [2.05, 4.69) is 13.8 Å². The highest BCUT2D eigenvalue weighted by molar-refractivity contribution is 7.85. The van der Waals surface area contributed by atoms with Crippen molar-refractivity contribution in [1.82, 2.24) is 0 Å². The second kappa shape index (κ2) is 33.3. The first kappa shape index (κ1) is 45.8. The molecule has 46 heavy (non-hydrogen) atoms. The summed E-state index contributed by atoms with van der Waals surface area (Å²) < 4.78 is 45.1. The van der Waals surface area contributed by atoms with Gasteiger partial charge in [0.05, 0.1) is 77.6 Å². The van der Waals surface area contributed by atoms with E-state index in [0.29, 0.717) is 39.6 Å². The Morgan fingerprint density at radius 2 is 0.652 bits per heavy atom. The molecule has 0 aromatic heterocycles. The zero-order valence-corrected chi connectivity index (χ0v) is 30.1. The summed E-state index contributed by atoms with van der Waals surface area (Å²) in [5, 5.41) is 40.6. The highest BCUT2D eigenvalue weighted by Crippen LogP contribution is 2.14. The topological polar surface area (TPSA) is 153 Å². The first-order valence-corrected chi connectivity index (χ1v) is 19.4. The lowest BCUT2D eigenvalue weighted by molar-refractivity contribution is -0.159. The number of unbranched alkanes of at least 4 members (excludes halogenated alkanes) is 12. The summed E-state index contributed by atoms with van der Waals surface area (Å²) in [6, 6.07) is 0. The van der Waals surface area contributed by atoms with E-state index in [4.69, 9.17) is 28.4 Å². The van der Waals surface area contributed by atoms with E-state index < -0.39 is 33.9 Å². The molecule has 0 aromatic rings. The van der Waals surface area contributed by atoms with Crippen molar-refractivity contribution in [2.75, 3.05) is 90.8 Å². The second-order valence-electron chi connectivity index (χ2n) is 12.1. The quantitative estimate of drug-likeness (QED) is 0.0537. The molecule has 0 fully saturated rings. The molecule has 0 atom stereocenters. The van der Waals surface area contributed by atoms with Crippen LogP contribution in [0.2, 0.25) is 0 Å². The van der Waals surface area contributed by atoms with Gasteiger partial charge < -0.3 is 48.8 Å².